The molecule has 0 N–H and O–H groups in total. The first kappa shape index (κ1) is 19.0. The Morgan fingerprint density at radius 1 is 1.10 bits per heavy atom. The lowest BCUT2D eigenvalue weighted by atomic mass is 9.69. The lowest BCUT2D eigenvalue weighted by Gasteiger charge is -2.31. The second-order valence-corrected chi connectivity index (χ2v) is 8.04. The maximum absolute atomic E-state index is 10.6. The zero-order chi connectivity index (χ0) is 20.3. The van der Waals surface area contributed by atoms with Gasteiger partial charge < -0.3 is 9.21 Å². The number of furan rings is 1. The number of aromatic nitrogens is 2. The minimum Gasteiger partial charge on any atom is -0.456 e. The number of hydrogen-bond acceptors (Lipinski definition) is 5. The molecule has 4 heterocycles. The largest absolute Gasteiger partial charge is 0.456 e. The van der Waals surface area contributed by atoms with Crippen LogP contribution in [0.4, 0.5) is 0 Å². The van der Waals surface area contributed by atoms with Crippen LogP contribution in [0.15, 0.2) is 59.3 Å². The molecule has 0 aliphatic carbocycles. The normalized spacial score (nSPS) is 15.6. The van der Waals surface area contributed by atoms with Crippen molar-refractivity contribution in [2.45, 2.75) is 25.7 Å². The molecule has 0 atom stereocenters. The maximum Gasteiger partial charge on any atom is 0.197 e. The summed E-state index contributed by atoms with van der Waals surface area (Å²) < 4.78 is 6.08. The van der Waals surface area contributed by atoms with E-state index < -0.39 is 0 Å². The summed E-state index contributed by atoms with van der Waals surface area (Å²) in [5, 5.41) is 2.09. The van der Waals surface area contributed by atoms with Crippen LogP contribution in [0.2, 0.25) is 6.32 Å². The maximum atomic E-state index is 10.6. The molecule has 5 nitrogen and oxygen atoms in total. The van der Waals surface area contributed by atoms with Gasteiger partial charge in [0.1, 0.15) is 11.3 Å². The van der Waals surface area contributed by atoms with E-state index in [1.54, 1.807) is 7.28 Å². The van der Waals surface area contributed by atoms with Crippen LogP contribution in [0.5, 0.6) is 0 Å². The monoisotopic (exact) mass is 396 g/mol. The van der Waals surface area contributed by atoms with E-state index in [1.807, 2.05) is 30.6 Å². The number of likely N-dealkylation sites (tertiary alicyclic amines) is 1. The van der Waals surface area contributed by atoms with Crippen LogP contribution in [0.1, 0.15) is 18.5 Å². The van der Waals surface area contributed by atoms with E-state index in [0.29, 0.717) is 5.92 Å². The van der Waals surface area contributed by atoms with E-state index in [9.17, 15) is 4.79 Å². The predicted octanol–water partition coefficient (Wildman–Crippen LogP) is 4.57. The van der Waals surface area contributed by atoms with Gasteiger partial charge in [-0.1, -0.05) is 24.5 Å². The fraction of sp³-hybridized carbons (Fsp3) is 0.292. The lowest BCUT2D eigenvalue weighted by Crippen LogP contribution is -2.33. The average Bonchev–Trinajstić information content (AvgIpc) is 3.22. The van der Waals surface area contributed by atoms with Crippen molar-refractivity contribution in [3.05, 3.63) is 60.6 Å². The Morgan fingerprint density at radius 2 is 1.97 bits per heavy atom. The van der Waals surface area contributed by atoms with Gasteiger partial charge in [-0.15, -0.1) is 0 Å². The van der Waals surface area contributed by atoms with Gasteiger partial charge in [0.2, 0.25) is 0 Å². The van der Waals surface area contributed by atoms with E-state index in [4.69, 9.17) is 9.40 Å². The zero-order valence-electron chi connectivity index (χ0n) is 16.8. The summed E-state index contributed by atoms with van der Waals surface area (Å²) in [6, 6.07) is 14.3. The van der Waals surface area contributed by atoms with Crippen molar-refractivity contribution in [2.75, 3.05) is 13.1 Å². The first-order valence-corrected chi connectivity index (χ1v) is 10.5. The summed E-state index contributed by atoms with van der Waals surface area (Å²) in [7, 11) is 1.75. The molecule has 4 aromatic rings. The molecule has 0 unspecified atom stereocenters. The second-order valence-electron chi connectivity index (χ2n) is 8.04. The SMILES string of the molecule is O=C[B]CC1CCN(Cc2ccc3cncc(-c4cc5ccccc5o4)c3n2)CC1. The highest BCUT2D eigenvalue weighted by atomic mass is 16.3. The average molecular weight is 396 g/mol. The number of carbonyl (C=O) groups is 1. The Kier molecular flexibility index (Phi) is 5.32. The van der Waals surface area contributed by atoms with Gasteiger partial charge >= 0.3 is 0 Å². The van der Waals surface area contributed by atoms with Crippen LogP contribution in [0.25, 0.3) is 33.2 Å². The number of pyridine rings is 2. The van der Waals surface area contributed by atoms with Crippen molar-refractivity contribution >= 4 is 35.3 Å². The molecule has 0 saturated carbocycles. The second kappa shape index (κ2) is 8.40. The standard InChI is InChI=1S/C24H23BN3O2/c29-16-25-12-17-7-9-28(10-8-17)15-20-6-5-19-13-26-14-21(24(19)27-20)23-11-18-3-1-2-4-22(18)30-23/h1-6,11,13-14,16-17H,7-10,12,15H2. The van der Waals surface area contributed by atoms with E-state index in [1.165, 1.54) is 0 Å². The van der Waals surface area contributed by atoms with E-state index in [2.05, 4.69) is 34.1 Å². The third kappa shape index (κ3) is 3.88. The van der Waals surface area contributed by atoms with Crippen LogP contribution in [0, 0.1) is 5.92 Å². The molecule has 1 radical (unpaired) electrons. The van der Waals surface area contributed by atoms with Crippen molar-refractivity contribution in [2.24, 2.45) is 5.92 Å². The molecule has 0 amide bonds. The van der Waals surface area contributed by atoms with Gasteiger partial charge in [-0.25, -0.2) is 0 Å². The van der Waals surface area contributed by atoms with Crippen molar-refractivity contribution in [1.82, 2.24) is 14.9 Å². The summed E-state index contributed by atoms with van der Waals surface area (Å²) in [5.74, 6) is 1.42. The molecule has 0 bridgehead atoms. The molecule has 1 aromatic carbocycles. The lowest BCUT2D eigenvalue weighted by molar-refractivity contribution is 0.183. The van der Waals surface area contributed by atoms with Gasteiger partial charge in [-0.05, 0) is 56.1 Å². The Balaban J connectivity index is 1.39. The molecular weight excluding hydrogens is 373 g/mol. The predicted molar refractivity (Wildman–Crippen MR) is 120 cm³/mol. The Labute approximate surface area is 176 Å². The summed E-state index contributed by atoms with van der Waals surface area (Å²) >= 11 is 0. The number of hydrogen-bond donors (Lipinski definition) is 0. The van der Waals surface area contributed by atoms with E-state index in [0.717, 1.165) is 83.9 Å². The van der Waals surface area contributed by atoms with Gasteiger partial charge in [-0.2, -0.15) is 0 Å². The summed E-state index contributed by atoms with van der Waals surface area (Å²) in [6.07, 6.45) is 7.77. The van der Waals surface area contributed by atoms with Crippen LogP contribution >= 0.6 is 0 Å². The van der Waals surface area contributed by atoms with E-state index >= 15 is 0 Å². The van der Waals surface area contributed by atoms with Crippen LogP contribution in [-0.4, -0.2) is 41.4 Å². The third-order valence-electron chi connectivity index (χ3n) is 6.01. The number of benzene rings is 1. The smallest absolute Gasteiger partial charge is 0.197 e. The number of fused-ring (bicyclic) bond motifs is 2. The fourth-order valence-corrected chi connectivity index (χ4v) is 4.32. The number of nitrogens with zero attached hydrogens (tertiary/aromatic N) is 3. The number of piperidine rings is 1. The summed E-state index contributed by atoms with van der Waals surface area (Å²) in [4.78, 5) is 22.4. The Bertz CT molecular complexity index is 1150. The van der Waals surface area contributed by atoms with Crippen LogP contribution in [-0.2, 0) is 11.3 Å². The molecule has 30 heavy (non-hydrogen) atoms. The molecule has 1 saturated heterocycles. The minimum atomic E-state index is 0.627. The van der Waals surface area contributed by atoms with Crippen molar-refractivity contribution in [3.63, 3.8) is 0 Å². The molecule has 1 aliphatic rings. The van der Waals surface area contributed by atoms with Gasteiger partial charge in [0, 0.05) is 29.7 Å². The minimum absolute atomic E-state index is 0.627. The number of para-hydroxylation sites is 1. The van der Waals surface area contributed by atoms with Crippen LogP contribution < -0.4 is 0 Å². The van der Waals surface area contributed by atoms with Crippen molar-refractivity contribution in [1.29, 1.82) is 0 Å². The number of rotatable bonds is 6. The molecule has 3 aromatic heterocycles. The molecule has 6 heteroatoms. The van der Waals surface area contributed by atoms with Gasteiger partial charge in [0.15, 0.2) is 7.28 Å². The highest BCUT2D eigenvalue weighted by Gasteiger charge is 2.20. The van der Waals surface area contributed by atoms with Crippen molar-refractivity contribution in [3.8, 4) is 11.3 Å². The fourth-order valence-electron chi connectivity index (χ4n) is 4.32. The highest BCUT2D eigenvalue weighted by Crippen LogP contribution is 2.31. The Hall–Kier alpha value is -2.99. The van der Waals surface area contributed by atoms with Gasteiger partial charge in [-0.3, -0.25) is 14.9 Å². The highest BCUT2D eigenvalue weighted by molar-refractivity contribution is 6.66. The molecule has 1 fully saturated rings. The first-order valence-electron chi connectivity index (χ1n) is 10.5. The summed E-state index contributed by atoms with van der Waals surface area (Å²) in [5.41, 5.74) is 3.78. The van der Waals surface area contributed by atoms with Crippen LogP contribution in [0.3, 0.4) is 0 Å². The van der Waals surface area contributed by atoms with E-state index in [-0.39, 0.29) is 0 Å². The topological polar surface area (TPSA) is 59.2 Å². The summed E-state index contributed by atoms with van der Waals surface area (Å²) in [6.45, 7) is 2.93. The van der Waals surface area contributed by atoms with Gasteiger partial charge in [0.05, 0.1) is 23.0 Å². The van der Waals surface area contributed by atoms with Gasteiger partial charge in [0.25, 0.3) is 0 Å². The molecular formula is C24H23BN3O2. The Morgan fingerprint density at radius 3 is 2.80 bits per heavy atom. The molecule has 0 spiro atoms. The quantitative estimate of drug-likeness (QED) is 0.353. The molecule has 149 valence electrons. The van der Waals surface area contributed by atoms with Crippen molar-refractivity contribution < 1.29 is 9.21 Å². The number of carbonyl (C=O) groups excluding carboxylic acids is 1. The third-order valence-corrected chi connectivity index (χ3v) is 6.01. The zero-order valence-corrected chi connectivity index (χ0v) is 16.8. The first-order chi connectivity index (χ1) is 14.8. The molecule has 1 aliphatic heterocycles. The molecule has 5 rings (SSSR count).